The van der Waals surface area contributed by atoms with E-state index in [1.165, 1.54) is 38.9 Å². The lowest BCUT2D eigenvalue weighted by Crippen LogP contribution is -2.28. The molecular formula is C67H43NO2. The first-order valence-corrected chi connectivity index (χ1v) is 24.0. The largest absolute Gasteiger partial charge is 0.456 e. The van der Waals surface area contributed by atoms with E-state index in [1.54, 1.807) is 0 Å². The standard InChI is InChI=1S/C67H43NO2/c1-3-14-49(15-4-1)67(50-16-5-2-6-17-50)61-23-10-7-18-55(61)59-42-47(32-40-62(59)67)44-26-34-51(35-27-44)68(52-36-28-45(29-37-52)48-33-41-65-60(43-48)57-20-9-11-24-63(57)69-65)53-38-30-46(31-39-53)54-21-13-22-58-56-19-8-12-25-64(56)70-66(54)58/h1-43H. The Morgan fingerprint density at radius 3 is 1.39 bits per heavy atom. The highest BCUT2D eigenvalue weighted by Crippen LogP contribution is 2.56. The second-order valence-corrected chi connectivity index (χ2v) is 18.4. The van der Waals surface area contributed by atoms with Crippen LogP contribution in [0.15, 0.2) is 270 Å². The molecule has 14 rings (SSSR count). The number of fused-ring (bicyclic) bond motifs is 9. The molecule has 0 radical (unpaired) electrons. The van der Waals surface area contributed by atoms with Crippen molar-refractivity contribution >= 4 is 60.9 Å². The van der Waals surface area contributed by atoms with E-state index >= 15 is 0 Å². The fraction of sp³-hybridized carbons (Fsp3) is 0.0149. The van der Waals surface area contributed by atoms with Crippen LogP contribution in [0.25, 0.3) is 88.4 Å². The Morgan fingerprint density at radius 1 is 0.271 bits per heavy atom. The molecule has 0 saturated carbocycles. The molecule has 1 aliphatic rings. The summed E-state index contributed by atoms with van der Waals surface area (Å²) < 4.78 is 12.6. The van der Waals surface area contributed by atoms with Gasteiger partial charge in [0, 0.05) is 44.2 Å². The Labute approximate surface area is 405 Å². The first kappa shape index (κ1) is 39.9. The van der Waals surface area contributed by atoms with E-state index in [9.17, 15) is 0 Å². The second-order valence-electron chi connectivity index (χ2n) is 18.4. The molecule has 0 amide bonds. The summed E-state index contributed by atoms with van der Waals surface area (Å²) in [5.74, 6) is 0. The lowest BCUT2D eigenvalue weighted by Gasteiger charge is -2.33. The van der Waals surface area contributed by atoms with Crippen molar-refractivity contribution in [2.45, 2.75) is 5.41 Å². The normalized spacial score (nSPS) is 12.7. The zero-order valence-electron chi connectivity index (χ0n) is 38.1. The monoisotopic (exact) mass is 893 g/mol. The van der Waals surface area contributed by atoms with E-state index in [0.29, 0.717) is 0 Å². The van der Waals surface area contributed by atoms with Gasteiger partial charge in [-0.1, -0.05) is 194 Å². The number of rotatable bonds is 8. The molecule has 0 unspecified atom stereocenters. The summed E-state index contributed by atoms with van der Waals surface area (Å²) in [7, 11) is 0. The first-order valence-electron chi connectivity index (χ1n) is 24.0. The average molecular weight is 894 g/mol. The van der Waals surface area contributed by atoms with Gasteiger partial charge in [0.25, 0.3) is 0 Å². The Bertz CT molecular complexity index is 4050. The summed E-state index contributed by atoms with van der Waals surface area (Å²) >= 11 is 0. The Morgan fingerprint density at radius 2 is 0.729 bits per heavy atom. The van der Waals surface area contributed by atoms with Gasteiger partial charge in [-0.15, -0.1) is 0 Å². The van der Waals surface area contributed by atoms with E-state index in [1.807, 2.05) is 24.3 Å². The van der Waals surface area contributed by atoms with E-state index in [-0.39, 0.29) is 0 Å². The highest BCUT2D eigenvalue weighted by molar-refractivity contribution is 6.10. The van der Waals surface area contributed by atoms with Gasteiger partial charge in [0.2, 0.25) is 0 Å². The number of benzene rings is 11. The molecule has 1 aliphatic carbocycles. The van der Waals surface area contributed by atoms with Crippen LogP contribution in [0.4, 0.5) is 17.1 Å². The minimum atomic E-state index is -0.429. The maximum atomic E-state index is 6.47. The van der Waals surface area contributed by atoms with Gasteiger partial charge in [-0.3, -0.25) is 0 Å². The Kier molecular flexibility index (Phi) is 9.11. The smallest absolute Gasteiger partial charge is 0.143 e. The Balaban J connectivity index is 0.856. The molecule has 11 aromatic carbocycles. The summed E-state index contributed by atoms with van der Waals surface area (Å²) in [6.45, 7) is 0. The third-order valence-electron chi connectivity index (χ3n) is 14.6. The average Bonchev–Trinajstić information content (AvgIpc) is 4.10. The number of hydrogen-bond acceptors (Lipinski definition) is 3. The van der Waals surface area contributed by atoms with Gasteiger partial charge in [0.05, 0.1) is 5.41 Å². The molecule has 3 nitrogen and oxygen atoms in total. The van der Waals surface area contributed by atoms with E-state index in [4.69, 9.17) is 8.83 Å². The minimum Gasteiger partial charge on any atom is -0.456 e. The third kappa shape index (κ3) is 6.22. The van der Waals surface area contributed by atoms with Crippen molar-refractivity contribution in [2.75, 3.05) is 4.90 Å². The minimum absolute atomic E-state index is 0.429. The number of nitrogens with zero attached hydrogens (tertiary/aromatic N) is 1. The molecule has 13 aromatic rings. The first-order chi connectivity index (χ1) is 34.7. The molecule has 0 saturated heterocycles. The molecule has 0 N–H and O–H groups in total. The van der Waals surface area contributed by atoms with Crippen LogP contribution in [-0.4, -0.2) is 0 Å². The van der Waals surface area contributed by atoms with Crippen molar-refractivity contribution in [3.05, 3.63) is 283 Å². The lowest BCUT2D eigenvalue weighted by molar-refractivity contribution is 0.669. The van der Waals surface area contributed by atoms with Crippen molar-refractivity contribution in [1.29, 1.82) is 0 Å². The van der Waals surface area contributed by atoms with Crippen LogP contribution >= 0.6 is 0 Å². The molecule has 2 heterocycles. The molecule has 0 spiro atoms. The number of anilines is 3. The van der Waals surface area contributed by atoms with Gasteiger partial charge in [-0.25, -0.2) is 0 Å². The topological polar surface area (TPSA) is 29.5 Å². The van der Waals surface area contributed by atoms with E-state index < -0.39 is 5.41 Å². The summed E-state index contributed by atoms with van der Waals surface area (Å²) in [6, 6.07) is 94.3. The highest BCUT2D eigenvalue weighted by Gasteiger charge is 2.46. The van der Waals surface area contributed by atoms with Gasteiger partial charge >= 0.3 is 0 Å². The number of furan rings is 2. The zero-order valence-corrected chi connectivity index (χ0v) is 38.1. The van der Waals surface area contributed by atoms with Crippen molar-refractivity contribution in [2.24, 2.45) is 0 Å². The van der Waals surface area contributed by atoms with Crippen molar-refractivity contribution in [3.63, 3.8) is 0 Å². The predicted octanol–water partition coefficient (Wildman–Crippen LogP) is 18.3. The van der Waals surface area contributed by atoms with Crippen LogP contribution in [0.2, 0.25) is 0 Å². The van der Waals surface area contributed by atoms with Gasteiger partial charge in [-0.2, -0.15) is 0 Å². The summed E-state index contributed by atoms with van der Waals surface area (Å²) in [4.78, 5) is 2.35. The SMILES string of the molecule is c1ccc(C2(c3ccccc3)c3ccccc3-c3cc(-c4ccc(N(c5ccc(-c6ccc7oc8ccccc8c7c6)cc5)c5ccc(-c6cccc7c6oc6ccccc67)cc5)cc4)ccc32)cc1. The molecule has 3 heteroatoms. The van der Waals surface area contributed by atoms with Crippen LogP contribution in [0.5, 0.6) is 0 Å². The van der Waals surface area contributed by atoms with Gasteiger partial charge in [0.15, 0.2) is 0 Å². The number of para-hydroxylation sites is 3. The Hall–Kier alpha value is -9.18. The second kappa shape index (κ2) is 16.0. The van der Waals surface area contributed by atoms with Gasteiger partial charge in [0.1, 0.15) is 22.3 Å². The quantitative estimate of drug-likeness (QED) is 0.152. The lowest BCUT2D eigenvalue weighted by atomic mass is 9.67. The fourth-order valence-corrected chi connectivity index (χ4v) is 11.4. The van der Waals surface area contributed by atoms with Crippen LogP contribution in [0.3, 0.4) is 0 Å². The number of hydrogen-bond donors (Lipinski definition) is 0. The summed E-state index contributed by atoms with van der Waals surface area (Å²) in [6.07, 6.45) is 0. The molecule has 2 aromatic heterocycles. The van der Waals surface area contributed by atoms with Crippen molar-refractivity contribution in [1.82, 2.24) is 0 Å². The zero-order chi connectivity index (χ0) is 46.2. The van der Waals surface area contributed by atoms with Gasteiger partial charge in [-0.05, 0) is 128 Å². The summed E-state index contributed by atoms with van der Waals surface area (Å²) in [5.41, 5.74) is 20.9. The maximum Gasteiger partial charge on any atom is 0.143 e. The molecule has 0 fully saturated rings. The predicted molar refractivity (Wildman–Crippen MR) is 289 cm³/mol. The van der Waals surface area contributed by atoms with Crippen molar-refractivity contribution < 1.29 is 8.83 Å². The van der Waals surface area contributed by atoms with Crippen molar-refractivity contribution in [3.8, 4) is 44.5 Å². The molecular weight excluding hydrogens is 851 g/mol. The molecule has 328 valence electrons. The molecule has 0 bridgehead atoms. The highest BCUT2D eigenvalue weighted by atomic mass is 16.3. The fourth-order valence-electron chi connectivity index (χ4n) is 11.4. The molecule has 0 atom stereocenters. The maximum absolute atomic E-state index is 6.47. The van der Waals surface area contributed by atoms with E-state index in [0.717, 1.165) is 88.8 Å². The van der Waals surface area contributed by atoms with E-state index in [2.05, 4.69) is 241 Å². The van der Waals surface area contributed by atoms with Crippen LogP contribution < -0.4 is 4.90 Å². The van der Waals surface area contributed by atoms with Crippen LogP contribution in [0, 0.1) is 0 Å². The third-order valence-corrected chi connectivity index (χ3v) is 14.6. The van der Waals surface area contributed by atoms with Gasteiger partial charge < -0.3 is 13.7 Å². The van der Waals surface area contributed by atoms with Crippen LogP contribution in [-0.2, 0) is 5.41 Å². The summed E-state index contributed by atoms with van der Waals surface area (Å²) in [5, 5.41) is 4.50. The van der Waals surface area contributed by atoms with Crippen LogP contribution in [0.1, 0.15) is 22.3 Å². The molecule has 70 heavy (non-hydrogen) atoms. The molecule has 0 aliphatic heterocycles.